The van der Waals surface area contributed by atoms with Crippen LogP contribution in [0.1, 0.15) is 40.7 Å². The first-order valence-electron chi connectivity index (χ1n) is 13.0. The first-order chi connectivity index (χ1) is 19.0. The van der Waals surface area contributed by atoms with E-state index in [1.165, 1.54) is 19.3 Å². The normalized spacial score (nSPS) is 33.8. The zero-order valence-electron chi connectivity index (χ0n) is 22.1. The van der Waals surface area contributed by atoms with Crippen LogP contribution in [0.25, 0.3) is 10.8 Å². The molecule has 0 spiro atoms. The summed E-state index contributed by atoms with van der Waals surface area (Å²) in [6.45, 7) is 1.18. The van der Waals surface area contributed by atoms with Crippen LogP contribution < -0.4 is 15.2 Å². The highest BCUT2D eigenvalue weighted by atomic mass is 16.7. The van der Waals surface area contributed by atoms with Gasteiger partial charge in [0.15, 0.2) is 5.78 Å². The monoisotopic (exact) mass is 555 g/mol. The van der Waals surface area contributed by atoms with Gasteiger partial charge in [0.25, 0.3) is 0 Å². The number of fused-ring (bicyclic) bond motifs is 5. The lowest BCUT2D eigenvalue weighted by Gasteiger charge is -2.49. The second kappa shape index (κ2) is 10.6. The maximum absolute atomic E-state index is 13.3. The highest BCUT2D eigenvalue weighted by Crippen LogP contribution is 2.46. The minimum Gasteiger partial charge on any atom is -0.506 e. The fourth-order valence-corrected chi connectivity index (χ4v) is 5.95. The van der Waals surface area contributed by atoms with E-state index < -0.39 is 66.4 Å². The van der Waals surface area contributed by atoms with E-state index in [2.05, 4.69) is 11.8 Å². The van der Waals surface area contributed by atoms with Gasteiger partial charge in [-0.3, -0.25) is 4.79 Å². The first kappa shape index (κ1) is 28.3. The van der Waals surface area contributed by atoms with Crippen LogP contribution in [0.5, 0.6) is 17.2 Å². The van der Waals surface area contributed by atoms with E-state index in [9.17, 15) is 35.4 Å². The molecule has 5 rings (SSSR count). The molecule has 214 valence electrons. The van der Waals surface area contributed by atoms with Crippen molar-refractivity contribution in [2.45, 2.75) is 75.1 Å². The second-order valence-corrected chi connectivity index (χ2v) is 10.6. The molecule has 0 aromatic heterocycles. The van der Waals surface area contributed by atoms with Crippen molar-refractivity contribution in [2.75, 3.05) is 7.11 Å². The number of hydrogen-bond acceptors (Lipinski definition) is 11. The number of ketones is 1. The van der Waals surface area contributed by atoms with Gasteiger partial charge in [-0.2, -0.15) is 0 Å². The van der Waals surface area contributed by atoms with Crippen molar-refractivity contribution in [3.8, 4) is 29.1 Å². The lowest BCUT2D eigenvalue weighted by Crippen LogP contribution is -2.67. The number of carbonyl (C=O) groups excluding carboxylic acids is 1. The van der Waals surface area contributed by atoms with Gasteiger partial charge in [0.2, 0.25) is 6.29 Å². The SMILES string of the molecule is COc1cc2c3c(O)c(c(C)cc3c1CO)C(=O)CC#CC[C@@H]1C[C@@H](N)C=C[C@@]1(O)[C@H]1O[C@H](O2)[C@H](O)[C@@H](O)[C@@H]1O. The van der Waals surface area contributed by atoms with E-state index in [1.54, 1.807) is 19.1 Å². The number of carbonyl (C=O) groups is 1. The smallest absolute Gasteiger partial charge is 0.229 e. The third-order valence-electron chi connectivity index (χ3n) is 8.10. The summed E-state index contributed by atoms with van der Waals surface area (Å²) in [6, 6.07) is 2.55. The number of aromatic hydroxyl groups is 1. The molecule has 2 aromatic carbocycles. The Bertz CT molecular complexity index is 1430. The molecule has 2 heterocycles. The summed E-state index contributed by atoms with van der Waals surface area (Å²) in [6.07, 6.45) is -5.27. The van der Waals surface area contributed by atoms with Crippen LogP contribution in [0.4, 0.5) is 0 Å². The molecule has 40 heavy (non-hydrogen) atoms. The van der Waals surface area contributed by atoms with Crippen molar-refractivity contribution in [1.29, 1.82) is 0 Å². The number of hydrogen-bond donors (Lipinski definition) is 7. The molecule has 1 saturated heterocycles. The van der Waals surface area contributed by atoms with E-state index >= 15 is 0 Å². The number of aryl methyl sites for hydroxylation is 1. The van der Waals surface area contributed by atoms with Crippen LogP contribution in [0.2, 0.25) is 0 Å². The molecule has 0 radical (unpaired) electrons. The average Bonchev–Trinajstić information content (AvgIpc) is 2.92. The van der Waals surface area contributed by atoms with E-state index in [0.717, 1.165) is 0 Å². The quantitative estimate of drug-likeness (QED) is 0.197. The highest BCUT2D eigenvalue weighted by molar-refractivity contribution is 6.09. The van der Waals surface area contributed by atoms with Crippen LogP contribution in [0.15, 0.2) is 24.3 Å². The Morgan fingerprint density at radius 1 is 1.18 bits per heavy atom. The summed E-state index contributed by atoms with van der Waals surface area (Å²) in [5.41, 5.74) is 5.00. The number of phenols is 1. The molecule has 1 aliphatic carbocycles. The molecule has 11 nitrogen and oxygen atoms in total. The molecule has 2 aliphatic heterocycles. The Morgan fingerprint density at radius 3 is 2.62 bits per heavy atom. The molecule has 1 fully saturated rings. The molecule has 2 aromatic rings. The maximum Gasteiger partial charge on any atom is 0.229 e. The highest BCUT2D eigenvalue weighted by Gasteiger charge is 2.56. The zero-order chi connectivity index (χ0) is 28.9. The minimum absolute atomic E-state index is 0.00755. The van der Waals surface area contributed by atoms with Gasteiger partial charge < -0.3 is 50.6 Å². The van der Waals surface area contributed by atoms with Crippen molar-refractivity contribution in [1.82, 2.24) is 0 Å². The number of aliphatic hydroxyl groups is 5. The first-order valence-corrected chi connectivity index (χ1v) is 13.0. The lowest BCUT2D eigenvalue weighted by atomic mass is 9.70. The van der Waals surface area contributed by atoms with E-state index in [0.29, 0.717) is 16.5 Å². The van der Waals surface area contributed by atoms with E-state index in [1.807, 2.05) is 0 Å². The van der Waals surface area contributed by atoms with Gasteiger partial charge in [-0.15, -0.1) is 5.92 Å². The lowest BCUT2D eigenvalue weighted by molar-refractivity contribution is -0.304. The summed E-state index contributed by atoms with van der Waals surface area (Å²) >= 11 is 0. The molecule has 0 saturated carbocycles. The van der Waals surface area contributed by atoms with Crippen LogP contribution >= 0.6 is 0 Å². The van der Waals surface area contributed by atoms with E-state index in [4.69, 9.17) is 19.9 Å². The third-order valence-corrected chi connectivity index (χ3v) is 8.10. The van der Waals surface area contributed by atoms with Gasteiger partial charge in [0, 0.05) is 30.0 Å². The van der Waals surface area contributed by atoms with Gasteiger partial charge in [-0.05, 0) is 30.4 Å². The molecule has 0 unspecified atom stereocenters. The Balaban J connectivity index is 1.75. The number of ether oxygens (including phenoxy) is 3. The fourth-order valence-electron chi connectivity index (χ4n) is 5.95. The Hall–Kier alpha value is -3.21. The number of phenolic OH excluding ortho intramolecular Hbond substituents is 1. The molecular weight excluding hydrogens is 522 g/mol. The van der Waals surface area contributed by atoms with Crippen LogP contribution in [-0.4, -0.2) is 85.9 Å². The predicted molar refractivity (Wildman–Crippen MR) is 142 cm³/mol. The Morgan fingerprint density at radius 2 is 1.93 bits per heavy atom. The largest absolute Gasteiger partial charge is 0.506 e. The van der Waals surface area contributed by atoms with Gasteiger partial charge in [-0.25, -0.2) is 0 Å². The van der Waals surface area contributed by atoms with Crippen molar-refractivity contribution in [3.05, 3.63) is 41.0 Å². The van der Waals surface area contributed by atoms with Gasteiger partial charge >= 0.3 is 0 Å². The number of Topliss-reactive ketones (excluding diaryl/α,β-unsaturated/α-hetero) is 1. The van der Waals surface area contributed by atoms with Crippen LogP contribution in [0.3, 0.4) is 0 Å². The van der Waals surface area contributed by atoms with Crippen LogP contribution in [-0.2, 0) is 11.3 Å². The average molecular weight is 556 g/mol. The summed E-state index contributed by atoms with van der Waals surface area (Å²) < 4.78 is 17.4. The zero-order valence-corrected chi connectivity index (χ0v) is 22.1. The molecular formula is C29H33NO10. The van der Waals surface area contributed by atoms with Gasteiger partial charge in [0.1, 0.15) is 47.3 Å². The maximum atomic E-state index is 13.3. The third kappa shape index (κ3) is 4.52. The van der Waals surface area contributed by atoms with Crippen molar-refractivity contribution in [2.24, 2.45) is 11.7 Å². The summed E-state index contributed by atoms with van der Waals surface area (Å²) in [5.74, 6) is 4.28. The summed E-state index contributed by atoms with van der Waals surface area (Å²) in [4.78, 5) is 13.3. The number of benzene rings is 2. The summed E-state index contributed by atoms with van der Waals surface area (Å²) in [5, 5.41) is 66.3. The topological polar surface area (TPSA) is 192 Å². The number of rotatable bonds is 2. The summed E-state index contributed by atoms with van der Waals surface area (Å²) in [7, 11) is 1.38. The van der Waals surface area contributed by atoms with Crippen molar-refractivity contribution in [3.63, 3.8) is 0 Å². The number of aliphatic hydroxyl groups excluding tert-OH is 4. The molecule has 4 bridgehead atoms. The molecule has 8 atom stereocenters. The molecule has 3 aliphatic rings. The number of methoxy groups -OCH3 is 1. The second-order valence-electron chi connectivity index (χ2n) is 10.6. The minimum atomic E-state index is -1.86. The standard InChI is InChI=1S/C29H33NO10/c1-13-9-16-17(12-31)19(38-2)11-20-22(16)23(33)21(13)18(32)6-4-3-5-14-10-15(30)7-8-29(14,37)27-25(35)24(34)26(36)28(39-20)40-27/h7-9,11,14-15,24-28,31,33-37H,5-6,10,12,30H2,1-2H3/t14-,15+,24+,25+,26-,27+,28+,29+/m1/s1. The Labute approximate surface area is 230 Å². The molecule has 0 amide bonds. The Kier molecular flexibility index (Phi) is 7.54. The molecule has 8 N–H and O–H groups in total. The van der Waals surface area contributed by atoms with Gasteiger partial charge in [-0.1, -0.05) is 18.1 Å². The van der Waals surface area contributed by atoms with Crippen molar-refractivity contribution < 1.29 is 49.6 Å². The fraction of sp³-hybridized carbons (Fsp3) is 0.483. The molecule has 11 heteroatoms. The predicted octanol–water partition coefficient (Wildman–Crippen LogP) is 0.156. The number of nitrogens with two attached hydrogens (primary N) is 1. The van der Waals surface area contributed by atoms with E-state index in [-0.39, 0.29) is 41.7 Å². The van der Waals surface area contributed by atoms with Gasteiger partial charge in [0.05, 0.1) is 31.1 Å². The van der Waals surface area contributed by atoms with Crippen LogP contribution in [0, 0.1) is 24.7 Å². The van der Waals surface area contributed by atoms with Crippen molar-refractivity contribution >= 4 is 16.6 Å².